The van der Waals surface area contributed by atoms with Gasteiger partial charge in [0.1, 0.15) is 0 Å². The fourth-order valence-electron chi connectivity index (χ4n) is 2.17. The van der Waals surface area contributed by atoms with Gasteiger partial charge in [0.05, 0.1) is 12.1 Å². The lowest BCUT2D eigenvalue weighted by molar-refractivity contribution is -0.115. The minimum Gasteiger partial charge on any atom is -0.302 e. The second kappa shape index (κ2) is 7.44. The number of rotatable bonds is 5. The Hall–Kier alpha value is -2.11. The number of hydrogen-bond donors (Lipinski definition) is 1. The maximum Gasteiger partial charge on any atom is 0.230 e. The lowest BCUT2D eigenvalue weighted by Crippen LogP contribution is -2.14. The zero-order valence-corrected chi connectivity index (χ0v) is 14.3. The van der Waals surface area contributed by atoms with E-state index in [0.29, 0.717) is 11.6 Å². The molecule has 0 aliphatic heterocycles. The summed E-state index contributed by atoms with van der Waals surface area (Å²) >= 11 is 3.16. The van der Waals surface area contributed by atoms with Gasteiger partial charge >= 0.3 is 0 Å². The molecule has 0 saturated carbocycles. The van der Waals surface area contributed by atoms with Crippen molar-refractivity contribution in [2.75, 3.05) is 11.6 Å². The molecule has 0 saturated heterocycles. The van der Waals surface area contributed by atoms with Gasteiger partial charge in [0.25, 0.3) is 0 Å². The van der Waals surface area contributed by atoms with Crippen molar-refractivity contribution < 1.29 is 4.79 Å². The normalized spacial score (nSPS) is 10.5. The van der Waals surface area contributed by atoms with Crippen LogP contribution in [0.2, 0.25) is 0 Å². The van der Waals surface area contributed by atoms with Gasteiger partial charge in [-0.2, -0.15) is 0 Å². The molecule has 0 aliphatic carbocycles. The maximum atomic E-state index is 12.1. The number of thioether (sulfide) groups is 1. The van der Waals surface area contributed by atoms with E-state index in [4.69, 9.17) is 0 Å². The topological polar surface area (TPSA) is 42.0 Å². The minimum atomic E-state index is -0.0465. The first-order chi connectivity index (χ1) is 11.2. The zero-order chi connectivity index (χ0) is 16.1. The van der Waals surface area contributed by atoms with Crippen molar-refractivity contribution in [2.45, 2.75) is 11.3 Å². The number of thiazole rings is 1. The Kier molecular flexibility index (Phi) is 5.10. The van der Waals surface area contributed by atoms with Crippen molar-refractivity contribution in [3.8, 4) is 11.3 Å². The van der Waals surface area contributed by atoms with Gasteiger partial charge in [0.2, 0.25) is 5.91 Å². The molecule has 0 fully saturated rings. The molecule has 0 bridgehead atoms. The van der Waals surface area contributed by atoms with E-state index in [-0.39, 0.29) is 5.91 Å². The highest BCUT2D eigenvalue weighted by Crippen LogP contribution is 2.26. The van der Waals surface area contributed by atoms with Gasteiger partial charge in [0.15, 0.2) is 5.13 Å². The van der Waals surface area contributed by atoms with Crippen molar-refractivity contribution in [3.63, 3.8) is 0 Å². The van der Waals surface area contributed by atoms with E-state index in [1.54, 1.807) is 11.8 Å². The van der Waals surface area contributed by atoms with Crippen molar-refractivity contribution in [1.29, 1.82) is 0 Å². The van der Waals surface area contributed by atoms with Crippen LogP contribution in [0.25, 0.3) is 11.3 Å². The minimum absolute atomic E-state index is 0.0465. The molecule has 3 nitrogen and oxygen atoms in total. The van der Waals surface area contributed by atoms with Gasteiger partial charge in [0, 0.05) is 15.8 Å². The third-order valence-electron chi connectivity index (χ3n) is 3.34. The number of amides is 1. The van der Waals surface area contributed by atoms with Crippen molar-refractivity contribution in [2.24, 2.45) is 0 Å². The Morgan fingerprint density at radius 2 is 1.87 bits per heavy atom. The Labute approximate surface area is 143 Å². The SMILES string of the molecule is CSc1ccc(-c2csc(NC(=O)Cc3ccccc3)n2)cc1. The molecule has 116 valence electrons. The number of nitrogens with zero attached hydrogens (tertiary/aromatic N) is 1. The summed E-state index contributed by atoms with van der Waals surface area (Å²) in [7, 11) is 0. The number of carbonyl (C=O) groups is 1. The number of aromatic nitrogens is 1. The lowest BCUT2D eigenvalue weighted by Gasteiger charge is -2.02. The van der Waals surface area contributed by atoms with Crippen LogP contribution in [-0.2, 0) is 11.2 Å². The summed E-state index contributed by atoms with van der Waals surface area (Å²) in [6, 6.07) is 18.0. The first-order valence-electron chi connectivity index (χ1n) is 7.18. The lowest BCUT2D eigenvalue weighted by atomic mass is 10.1. The average Bonchev–Trinajstić information content (AvgIpc) is 3.04. The highest BCUT2D eigenvalue weighted by molar-refractivity contribution is 7.98. The highest BCUT2D eigenvalue weighted by atomic mass is 32.2. The molecule has 2 aromatic carbocycles. The molecule has 0 unspecified atom stereocenters. The van der Waals surface area contributed by atoms with Crippen molar-refractivity contribution in [1.82, 2.24) is 4.98 Å². The number of benzene rings is 2. The molecule has 23 heavy (non-hydrogen) atoms. The second-order valence-electron chi connectivity index (χ2n) is 4.98. The van der Waals surface area contributed by atoms with Crippen LogP contribution in [0.4, 0.5) is 5.13 Å². The van der Waals surface area contributed by atoms with Crippen LogP contribution in [0.3, 0.4) is 0 Å². The summed E-state index contributed by atoms with van der Waals surface area (Å²) < 4.78 is 0. The maximum absolute atomic E-state index is 12.1. The standard InChI is InChI=1S/C18H16N2OS2/c1-22-15-9-7-14(8-10-15)16-12-23-18(19-16)20-17(21)11-13-5-3-2-4-6-13/h2-10,12H,11H2,1H3,(H,19,20,21). The fraction of sp³-hybridized carbons (Fsp3) is 0.111. The summed E-state index contributed by atoms with van der Waals surface area (Å²) in [4.78, 5) is 17.8. The fourth-order valence-corrected chi connectivity index (χ4v) is 3.31. The molecule has 1 heterocycles. The zero-order valence-electron chi connectivity index (χ0n) is 12.7. The number of nitrogens with one attached hydrogen (secondary N) is 1. The largest absolute Gasteiger partial charge is 0.302 e. The molecule has 1 N–H and O–H groups in total. The number of carbonyl (C=O) groups excluding carboxylic acids is 1. The molecule has 0 atom stereocenters. The summed E-state index contributed by atoms with van der Waals surface area (Å²) in [5.41, 5.74) is 2.94. The Balaban J connectivity index is 1.65. The average molecular weight is 340 g/mol. The summed E-state index contributed by atoms with van der Waals surface area (Å²) in [5.74, 6) is -0.0465. The molecule has 0 spiro atoms. The van der Waals surface area contributed by atoms with E-state index in [1.165, 1.54) is 16.2 Å². The summed E-state index contributed by atoms with van der Waals surface area (Å²) in [6.07, 6.45) is 2.41. The van der Waals surface area contributed by atoms with Gasteiger partial charge < -0.3 is 5.32 Å². The van der Waals surface area contributed by atoms with Crippen molar-refractivity contribution in [3.05, 3.63) is 65.5 Å². The Bertz CT molecular complexity index is 782. The molecule has 5 heteroatoms. The quantitative estimate of drug-likeness (QED) is 0.684. The van der Waals surface area contributed by atoms with Crippen LogP contribution in [0, 0.1) is 0 Å². The van der Waals surface area contributed by atoms with Gasteiger partial charge in [-0.1, -0.05) is 42.5 Å². The smallest absolute Gasteiger partial charge is 0.230 e. The first-order valence-corrected chi connectivity index (χ1v) is 9.29. The summed E-state index contributed by atoms with van der Waals surface area (Å²) in [5, 5.41) is 5.47. The van der Waals surface area contributed by atoms with Gasteiger partial charge in [-0.25, -0.2) is 4.98 Å². The van der Waals surface area contributed by atoms with E-state index in [9.17, 15) is 4.79 Å². The predicted octanol–water partition coefficient (Wildman–Crippen LogP) is 4.71. The number of hydrogen-bond acceptors (Lipinski definition) is 4. The van der Waals surface area contributed by atoms with Gasteiger partial charge in [-0.15, -0.1) is 23.1 Å². The van der Waals surface area contributed by atoms with Gasteiger partial charge in [-0.05, 0) is 24.0 Å². The third-order valence-corrected chi connectivity index (χ3v) is 4.85. The Morgan fingerprint density at radius 3 is 2.57 bits per heavy atom. The second-order valence-corrected chi connectivity index (χ2v) is 6.71. The predicted molar refractivity (Wildman–Crippen MR) is 98.1 cm³/mol. The summed E-state index contributed by atoms with van der Waals surface area (Å²) in [6.45, 7) is 0. The van der Waals surface area contributed by atoms with Crippen LogP contribution in [0.15, 0.2) is 64.9 Å². The van der Waals surface area contributed by atoms with Crippen molar-refractivity contribution >= 4 is 34.1 Å². The first kappa shape index (κ1) is 15.8. The van der Waals surface area contributed by atoms with E-state index in [2.05, 4.69) is 40.8 Å². The van der Waals surface area contributed by atoms with E-state index in [1.807, 2.05) is 35.7 Å². The van der Waals surface area contributed by atoms with Crippen LogP contribution < -0.4 is 5.32 Å². The van der Waals surface area contributed by atoms with Crippen LogP contribution in [0.5, 0.6) is 0 Å². The molecule has 3 aromatic rings. The van der Waals surface area contributed by atoms with Gasteiger partial charge in [-0.3, -0.25) is 4.79 Å². The molecule has 0 radical (unpaired) electrons. The molecule has 1 aromatic heterocycles. The molecular weight excluding hydrogens is 324 g/mol. The van der Waals surface area contributed by atoms with Crippen LogP contribution in [0.1, 0.15) is 5.56 Å². The third kappa shape index (κ3) is 4.21. The Morgan fingerprint density at radius 1 is 1.13 bits per heavy atom. The highest BCUT2D eigenvalue weighted by Gasteiger charge is 2.08. The van der Waals surface area contributed by atoms with E-state index >= 15 is 0 Å². The van der Waals surface area contributed by atoms with E-state index < -0.39 is 0 Å². The monoisotopic (exact) mass is 340 g/mol. The van der Waals surface area contributed by atoms with Crippen LogP contribution in [-0.4, -0.2) is 17.1 Å². The van der Waals surface area contributed by atoms with Crippen LogP contribution >= 0.6 is 23.1 Å². The molecule has 0 aliphatic rings. The molecule has 1 amide bonds. The van der Waals surface area contributed by atoms with E-state index in [0.717, 1.165) is 16.8 Å². The molecule has 3 rings (SSSR count). The number of anilines is 1. The molecular formula is C18H16N2OS2.